The fourth-order valence-corrected chi connectivity index (χ4v) is 1.93. The van der Waals surface area contributed by atoms with Crippen molar-refractivity contribution in [2.24, 2.45) is 0 Å². The molecule has 0 heterocycles. The Kier molecular flexibility index (Phi) is 8.86. The zero-order valence-electron chi connectivity index (χ0n) is 8.10. The van der Waals surface area contributed by atoms with Crippen LogP contribution in [0.2, 0.25) is 0 Å². The van der Waals surface area contributed by atoms with Gasteiger partial charge in [-0.1, -0.05) is 39.0 Å². The molecule has 0 aliphatic carbocycles. The lowest BCUT2D eigenvalue weighted by Gasteiger charge is -2.03. The summed E-state index contributed by atoms with van der Waals surface area (Å²) in [5, 5.41) is 0. The molecule has 0 aromatic rings. The van der Waals surface area contributed by atoms with E-state index in [1.54, 1.807) is 0 Å². The predicted octanol–water partition coefficient (Wildman–Crippen LogP) is 4.25. The van der Waals surface area contributed by atoms with Crippen LogP contribution in [0.5, 0.6) is 0 Å². The average Bonchev–Trinajstić information content (AvgIpc) is 1.96. The van der Waals surface area contributed by atoms with E-state index in [1.807, 2.05) is 0 Å². The highest BCUT2D eigenvalue weighted by molar-refractivity contribution is 7.58. The lowest BCUT2D eigenvalue weighted by molar-refractivity contribution is 0.626. The molecule has 1 atom stereocenters. The summed E-state index contributed by atoms with van der Waals surface area (Å²) >= 11 is 0. The summed E-state index contributed by atoms with van der Waals surface area (Å²) in [7, 11) is 0.125. The summed E-state index contributed by atoms with van der Waals surface area (Å²) in [5.74, 6) is 0. The molecule has 0 saturated carbocycles. The Hall–Kier alpha value is 0.430. The number of hydrogen-bond donors (Lipinski definition) is 0. The van der Waals surface area contributed by atoms with Crippen molar-refractivity contribution in [3.05, 3.63) is 6.66 Å². The van der Waals surface area contributed by atoms with Gasteiger partial charge in [0.2, 0.25) is 0 Å². The molecular formula is C10H22P. The zero-order chi connectivity index (χ0) is 8.53. The zero-order valence-corrected chi connectivity index (χ0v) is 9.00. The van der Waals surface area contributed by atoms with Crippen LogP contribution >= 0.6 is 7.92 Å². The molecule has 0 aliphatic rings. The summed E-state index contributed by atoms with van der Waals surface area (Å²) in [6.45, 7) is 8.57. The van der Waals surface area contributed by atoms with E-state index >= 15 is 0 Å². The van der Waals surface area contributed by atoms with Crippen LogP contribution in [0.25, 0.3) is 0 Å². The van der Waals surface area contributed by atoms with Gasteiger partial charge in [-0.25, -0.2) is 0 Å². The molecule has 0 nitrogen and oxygen atoms in total. The highest BCUT2D eigenvalue weighted by Gasteiger charge is 1.92. The van der Waals surface area contributed by atoms with Crippen LogP contribution in [-0.4, -0.2) is 12.8 Å². The Bertz CT molecular complexity index is 69.3. The Labute approximate surface area is 73.5 Å². The van der Waals surface area contributed by atoms with Crippen LogP contribution in [0.1, 0.15) is 45.4 Å². The number of rotatable bonds is 7. The highest BCUT2D eigenvalue weighted by Crippen LogP contribution is 2.28. The van der Waals surface area contributed by atoms with Crippen LogP contribution in [-0.2, 0) is 0 Å². The number of unbranched alkanes of at least 4 members (excludes halogenated alkanes) is 5. The van der Waals surface area contributed by atoms with Gasteiger partial charge in [-0.15, -0.1) is 7.92 Å². The molecule has 67 valence electrons. The largest absolute Gasteiger partial charge is 0.110 e. The summed E-state index contributed by atoms with van der Waals surface area (Å²) in [6.07, 6.45) is 9.88. The normalized spacial score (nSPS) is 10.9. The van der Waals surface area contributed by atoms with E-state index in [0.29, 0.717) is 0 Å². The van der Waals surface area contributed by atoms with E-state index in [4.69, 9.17) is 0 Å². The number of hydrogen-bond acceptors (Lipinski definition) is 0. The summed E-state index contributed by atoms with van der Waals surface area (Å²) in [4.78, 5) is 0. The lowest BCUT2D eigenvalue weighted by atomic mass is 10.1. The second-order valence-electron chi connectivity index (χ2n) is 3.35. The summed E-state index contributed by atoms with van der Waals surface area (Å²) < 4.78 is 0. The van der Waals surface area contributed by atoms with Crippen molar-refractivity contribution in [3.63, 3.8) is 0 Å². The molecule has 1 heteroatoms. The van der Waals surface area contributed by atoms with Gasteiger partial charge in [-0.05, 0) is 25.9 Å². The first-order chi connectivity index (χ1) is 5.27. The van der Waals surface area contributed by atoms with Gasteiger partial charge in [-0.3, -0.25) is 0 Å². The third-order valence-electron chi connectivity index (χ3n) is 1.89. The second-order valence-corrected chi connectivity index (χ2v) is 5.51. The minimum Gasteiger partial charge on any atom is -0.110 e. The van der Waals surface area contributed by atoms with Gasteiger partial charge >= 0.3 is 0 Å². The lowest BCUT2D eigenvalue weighted by Crippen LogP contribution is -1.82. The predicted molar refractivity (Wildman–Crippen MR) is 56.4 cm³/mol. The third-order valence-corrected chi connectivity index (χ3v) is 2.97. The van der Waals surface area contributed by atoms with Crippen molar-refractivity contribution < 1.29 is 0 Å². The van der Waals surface area contributed by atoms with Gasteiger partial charge in [0, 0.05) is 0 Å². The topological polar surface area (TPSA) is 0 Å². The van der Waals surface area contributed by atoms with Crippen LogP contribution in [0.4, 0.5) is 0 Å². The molecule has 0 rings (SSSR count). The molecule has 0 aliphatic heterocycles. The van der Waals surface area contributed by atoms with Crippen molar-refractivity contribution in [1.82, 2.24) is 0 Å². The fourth-order valence-electron chi connectivity index (χ4n) is 1.16. The molecule has 11 heavy (non-hydrogen) atoms. The quantitative estimate of drug-likeness (QED) is 0.399. The van der Waals surface area contributed by atoms with Crippen LogP contribution in [0.15, 0.2) is 0 Å². The van der Waals surface area contributed by atoms with Crippen molar-refractivity contribution in [2.75, 3.05) is 12.8 Å². The molecular weight excluding hydrogens is 151 g/mol. The monoisotopic (exact) mass is 173 g/mol. The molecule has 0 spiro atoms. The van der Waals surface area contributed by atoms with Gasteiger partial charge in [0.25, 0.3) is 0 Å². The van der Waals surface area contributed by atoms with Crippen LogP contribution in [0.3, 0.4) is 0 Å². The molecule has 1 radical (unpaired) electrons. The fraction of sp³-hybridized carbons (Fsp3) is 0.900. The second kappa shape index (κ2) is 8.53. The van der Waals surface area contributed by atoms with Gasteiger partial charge < -0.3 is 0 Å². The Morgan fingerprint density at radius 3 is 2.09 bits per heavy atom. The molecule has 1 unspecified atom stereocenters. The van der Waals surface area contributed by atoms with E-state index in [1.165, 1.54) is 44.7 Å². The first-order valence-electron chi connectivity index (χ1n) is 4.79. The Morgan fingerprint density at radius 2 is 1.55 bits per heavy atom. The van der Waals surface area contributed by atoms with Gasteiger partial charge in [0.05, 0.1) is 0 Å². The van der Waals surface area contributed by atoms with Crippen LogP contribution in [0, 0.1) is 6.66 Å². The molecule has 0 saturated heterocycles. The molecule has 0 bridgehead atoms. The molecule has 0 aromatic heterocycles. The summed E-state index contributed by atoms with van der Waals surface area (Å²) in [6, 6.07) is 0. The summed E-state index contributed by atoms with van der Waals surface area (Å²) in [5.41, 5.74) is 0. The van der Waals surface area contributed by atoms with Crippen molar-refractivity contribution in [2.45, 2.75) is 45.4 Å². The van der Waals surface area contributed by atoms with E-state index in [0.717, 1.165) is 0 Å². The SMILES string of the molecule is [CH2]P(C)CCCCCCCC. The molecule has 0 amide bonds. The standard InChI is InChI=1S/C10H22P/c1-4-5-6-7-8-9-10-11(2)3/h2,4-10H2,1,3H3. The maximum Gasteiger partial charge on any atom is -0.0289 e. The Balaban J connectivity index is 2.80. The van der Waals surface area contributed by atoms with E-state index in [2.05, 4.69) is 20.3 Å². The van der Waals surface area contributed by atoms with Crippen molar-refractivity contribution in [1.29, 1.82) is 0 Å². The first kappa shape index (κ1) is 11.4. The van der Waals surface area contributed by atoms with Gasteiger partial charge in [-0.2, -0.15) is 0 Å². The molecule has 0 fully saturated rings. The average molecular weight is 173 g/mol. The third kappa shape index (κ3) is 10.4. The van der Waals surface area contributed by atoms with Gasteiger partial charge in [0.15, 0.2) is 0 Å². The van der Waals surface area contributed by atoms with E-state index in [9.17, 15) is 0 Å². The minimum atomic E-state index is 0.125. The van der Waals surface area contributed by atoms with Crippen LogP contribution < -0.4 is 0 Å². The highest BCUT2D eigenvalue weighted by atomic mass is 31.1. The van der Waals surface area contributed by atoms with Gasteiger partial charge in [0.1, 0.15) is 0 Å². The minimum absolute atomic E-state index is 0.125. The Morgan fingerprint density at radius 1 is 1.00 bits per heavy atom. The smallest absolute Gasteiger partial charge is 0.0289 e. The first-order valence-corrected chi connectivity index (χ1v) is 6.95. The maximum atomic E-state index is 4.04. The van der Waals surface area contributed by atoms with E-state index < -0.39 is 0 Å². The van der Waals surface area contributed by atoms with Crippen molar-refractivity contribution >= 4 is 7.92 Å². The van der Waals surface area contributed by atoms with Crippen molar-refractivity contribution in [3.8, 4) is 0 Å². The molecule has 0 N–H and O–H groups in total. The molecule has 0 aromatic carbocycles. The van der Waals surface area contributed by atoms with E-state index in [-0.39, 0.29) is 7.92 Å². The maximum absolute atomic E-state index is 4.04.